The number of carbonyl (C=O) groups is 1. The number of amides is 1. The van der Waals surface area contributed by atoms with Crippen LogP contribution in [0.5, 0.6) is 11.6 Å². The van der Waals surface area contributed by atoms with Crippen LogP contribution in [0.3, 0.4) is 0 Å². The molecule has 1 N–H and O–H groups in total. The second-order valence-corrected chi connectivity index (χ2v) is 7.45. The maximum atomic E-state index is 14.7. The molecule has 1 fully saturated rings. The Labute approximate surface area is 170 Å². The van der Waals surface area contributed by atoms with Crippen LogP contribution in [0, 0.1) is 5.82 Å². The highest BCUT2D eigenvalue weighted by Gasteiger charge is 2.28. The minimum absolute atomic E-state index is 0.0294. The Balaban J connectivity index is 1.61. The number of hydrogen-bond donors (Lipinski definition) is 1. The average Bonchev–Trinajstić information content (AvgIpc) is 3.11. The van der Waals surface area contributed by atoms with Gasteiger partial charge in [-0.1, -0.05) is 12.1 Å². The van der Waals surface area contributed by atoms with Crippen molar-refractivity contribution in [2.75, 3.05) is 18.0 Å². The number of benzene rings is 1. The van der Waals surface area contributed by atoms with Gasteiger partial charge >= 0.3 is 0 Å². The van der Waals surface area contributed by atoms with Crippen LogP contribution in [0.4, 0.5) is 10.2 Å². The first-order chi connectivity index (χ1) is 13.8. The monoisotopic (exact) mass is 402 g/mol. The molecule has 1 aliphatic heterocycles. The maximum Gasteiger partial charge on any atom is 0.256 e. The Morgan fingerprint density at radius 3 is 2.62 bits per heavy atom. The van der Waals surface area contributed by atoms with Crippen molar-refractivity contribution in [3.8, 4) is 11.6 Å². The summed E-state index contributed by atoms with van der Waals surface area (Å²) in [5, 5.41) is 2.85. The van der Waals surface area contributed by atoms with Gasteiger partial charge in [0.25, 0.3) is 5.88 Å². The molecule has 1 aromatic carbocycles. The Bertz CT molecular complexity index is 844. The highest BCUT2D eigenvalue weighted by atomic mass is 19.1. The van der Waals surface area contributed by atoms with E-state index in [1.165, 1.54) is 13.3 Å². The number of halogens is 1. The van der Waals surface area contributed by atoms with Crippen molar-refractivity contribution >= 4 is 11.7 Å². The van der Waals surface area contributed by atoms with Crippen molar-refractivity contribution in [1.29, 1.82) is 0 Å². The number of nitrogens with zero attached hydrogens (tertiary/aromatic N) is 3. The van der Waals surface area contributed by atoms with Gasteiger partial charge in [0.15, 0.2) is 5.82 Å². The van der Waals surface area contributed by atoms with E-state index in [9.17, 15) is 9.18 Å². The molecule has 0 saturated carbocycles. The third-order valence-corrected chi connectivity index (χ3v) is 4.63. The molecule has 29 heavy (non-hydrogen) atoms. The van der Waals surface area contributed by atoms with Gasteiger partial charge in [0.05, 0.1) is 18.7 Å². The minimum Gasteiger partial charge on any atom is -0.489 e. The van der Waals surface area contributed by atoms with E-state index in [1.807, 2.05) is 49.9 Å². The van der Waals surface area contributed by atoms with Gasteiger partial charge < -0.3 is 19.7 Å². The van der Waals surface area contributed by atoms with Gasteiger partial charge in [0, 0.05) is 19.9 Å². The van der Waals surface area contributed by atoms with Gasteiger partial charge in [-0.15, -0.1) is 0 Å². The Morgan fingerprint density at radius 1 is 1.24 bits per heavy atom. The summed E-state index contributed by atoms with van der Waals surface area (Å²) in [6.07, 6.45) is 1.84. The van der Waals surface area contributed by atoms with E-state index in [0.717, 1.165) is 17.7 Å². The van der Waals surface area contributed by atoms with E-state index in [4.69, 9.17) is 9.47 Å². The van der Waals surface area contributed by atoms with E-state index in [-0.39, 0.29) is 35.9 Å². The summed E-state index contributed by atoms with van der Waals surface area (Å²) in [7, 11) is 0. The zero-order valence-corrected chi connectivity index (χ0v) is 17.2. The number of ether oxygens (including phenoxy) is 2. The largest absolute Gasteiger partial charge is 0.489 e. The van der Waals surface area contributed by atoms with E-state index >= 15 is 0 Å². The quantitative estimate of drug-likeness (QED) is 0.766. The summed E-state index contributed by atoms with van der Waals surface area (Å²) in [6.45, 7) is 8.24. The molecule has 0 radical (unpaired) electrons. The number of anilines is 1. The molecule has 0 bridgehead atoms. The first kappa shape index (κ1) is 20.8. The lowest BCUT2D eigenvalue weighted by Gasteiger charge is -2.20. The first-order valence-corrected chi connectivity index (χ1v) is 9.79. The summed E-state index contributed by atoms with van der Waals surface area (Å²) >= 11 is 0. The second kappa shape index (κ2) is 9.07. The van der Waals surface area contributed by atoms with Crippen LogP contribution in [0.2, 0.25) is 0 Å². The van der Waals surface area contributed by atoms with Crippen molar-refractivity contribution in [1.82, 2.24) is 15.3 Å². The first-order valence-electron chi connectivity index (χ1n) is 9.79. The zero-order valence-electron chi connectivity index (χ0n) is 17.2. The Kier molecular flexibility index (Phi) is 6.51. The highest BCUT2D eigenvalue weighted by molar-refractivity contribution is 5.73. The van der Waals surface area contributed by atoms with Crippen molar-refractivity contribution in [3.05, 3.63) is 42.0 Å². The molecular weight excluding hydrogens is 375 g/mol. The van der Waals surface area contributed by atoms with Crippen molar-refractivity contribution in [2.24, 2.45) is 0 Å². The molecule has 1 saturated heterocycles. The topological polar surface area (TPSA) is 76.6 Å². The third-order valence-electron chi connectivity index (χ3n) is 4.63. The normalized spacial score (nSPS) is 17.3. The third kappa shape index (κ3) is 5.34. The molecule has 0 unspecified atom stereocenters. The van der Waals surface area contributed by atoms with Crippen molar-refractivity contribution < 1.29 is 18.7 Å². The molecular formula is C21H27FN4O3. The number of hydrogen-bond acceptors (Lipinski definition) is 6. The molecule has 0 aliphatic carbocycles. The molecule has 1 amide bonds. The van der Waals surface area contributed by atoms with E-state index in [1.54, 1.807) is 0 Å². The summed E-state index contributed by atoms with van der Waals surface area (Å²) in [6, 6.07) is 7.57. The van der Waals surface area contributed by atoms with Crippen LogP contribution in [-0.4, -0.2) is 41.2 Å². The van der Waals surface area contributed by atoms with E-state index < -0.39 is 5.82 Å². The highest BCUT2D eigenvalue weighted by Crippen LogP contribution is 2.28. The number of carbonyl (C=O) groups excluding carboxylic acids is 1. The lowest BCUT2D eigenvalue weighted by atomic mass is 10.1. The van der Waals surface area contributed by atoms with Crippen LogP contribution in [0.15, 0.2) is 30.6 Å². The van der Waals surface area contributed by atoms with E-state index in [0.29, 0.717) is 13.1 Å². The van der Waals surface area contributed by atoms with E-state index in [2.05, 4.69) is 15.3 Å². The van der Waals surface area contributed by atoms with Crippen LogP contribution in [0.25, 0.3) is 0 Å². The Morgan fingerprint density at radius 2 is 1.97 bits per heavy atom. The summed E-state index contributed by atoms with van der Waals surface area (Å²) < 4.78 is 26.2. The summed E-state index contributed by atoms with van der Waals surface area (Å²) in [5.41, 5.74) is 1.00. The van der Waals surface area contributed by atoms with Crippen LogP contribution in [0.1, 0.15) is 45.7 Å². The summed E-state index contributed by atoms with van der Waals surface area (Å²) in [5.74, 6) is 0.336. The second-order valence-electron chi connectivity index (χ2n) is 7.45. The fourth-order valence-electron chi connectivity index (χ4n) is 3.30. The molecule has 1 aromatic heterocycles. The number of rotatable bonds is 7. The van der Waals surface area contributed by atoms with Gasteiger partial charge in [-0.05, 0) is 38.5 Å². The van der Waals surface area contributed by atoms with Gasteiger partial charge in [0.2, 0.25) is 11.7 Å². The molecule has 1 aliphatic rings. The molecule has 3 rings (SSSR count). The minimum atomic E-state index is -0.543. The number of aromatic nitrogens is 2. The maximum absolute atomic E-state index is 14.7. The Hall–Kier alpha value is -2.90. The standard InChI is InChI=1S/C21H27FN4O3/c1-13(2)28-21-19(22)20(23-12-24-21)26-10-9-18(11-26)29-17-7-5-16(6-8-17)14(3)25-15(4)27/h5-8,12-14,18H,9-11H2,1-4H3,(H,25,27)/t14-,18+/m0/s1. The zero-order chi connectivity index (χ0) is 21.0. The molecule has 2 heterocycles. The fraction of sp³-hybridized carbons (Fsp3) is 0.476. The lowest BCUT2D eigenvalue weighted by molar-refractivity contribution is -0.119. The van der Waals surface area contributed by atoms with Gasteiger partial charge in [0.1, 0.15) is 18.2 Å². The predicted molar refractivity (Wildman–Crippen MR) is 108 cm³/mol. The molecule has 0 spiro atoms. The summed E-state index contributed by atoms with van der Waals surface area (Å²) in [4.78, 5) is 21.0. The average molecular weight is 402 g/mol. The van der Waals surface area contributed by atoms with Gasteiger partial charge in [-0.25, -0.2) is 4.98 Å². The van der Waals surface area contributed by atoms with Crippen molar-refractivity contribution in [2.45, 2.75) is 52.4 Å². The SMILES string of the molecule is CC(=O)N[C@@H](C)c1ccc(O[C@@H]2CCN(c3ncnc(OC(C)C)c3F)C2)cc1. The molecule has 2 aromatic rings. The van der Waals surface area contributed by atoms with Crippen LogP contribution < -0.4 is 19.7 Å². The molecule has 8 heteroatoms. The molecule has 156 valence electrons. The number of nitrogens with one attached hydrogen (secondary N) is 1. The van der Waals surface area contributed by atoms with Crippen molar-refractivity contribution in [3.63, 3.8) is 0 Å². The molecule has 7 nitrogen and oxygen atoms in total. The smallest absolute Gasteiger partial charge is 0.256 e. The van der Waals surface area contributed by atoms with Gasteiger partial charge in [-0.3, -0.25) is 4.79 Å². The fourth-order valence-corrected chi connectivity index (χ4v) is 3.30. The van der Waals surface area contributed by atoms with Crippen LogP contribution >= 0.6 is 0 Å². The predicted octanol–water partition coefficient (Wildman–Crippen LogP) is 3.26. The molecule has 2 atom stereocenters. The lowest BCUT2D eigenvalue weighted by Crippen LogP contribution is -2.26. The van der Waals surface area contributed by atoms with Crippen LogP contribution in [-0.2, 0) is 4.79 Å². The van der Waals surface area contributed by atoms with Gasteiger partial charge in [-0.2, -0.15) is 9.37 Å².